The second kappa shape index (κ2) is 7.25. The molecule has 62 valence electrons. The van der Waals surface area contributed by atoms with Crippen molar-refractivity contribution in [3.63, 3.8) is 0 Å². The zero-order chi connectivity index (χ0) is 7.82. The zero-order valence-electron chi connectivity index (χ0n) is 7.22. The Balaban J connectivity index is 2.77. The summed E-state index contributed by atoms with van der Waals surface area (Å²) in [5.74, 6) is 0. The quantitative estimate of drug-likeness (QED) is 0.336. The summed E-state index contributed by atoms with van der Waals surface area (Å²) in [5, 5.41) is 0. The molecule has 0 radical (unpaired) electrons. The van der Waals surface area contributed by atoms with Gasteiger partial charge in [0, 0.05) is 6.61 Å². The van der Waals surface area contributed by atoms with Gasteiger partial charge in [-0.05, 0) is 19.5 Å². The van der Waals surface area contributed by atoms with E-state index in [9.17, 15) is 0 Å². The van der Waals surface area contributed by atoms with Gasteiger partial charge < -0.3 is 9.16 Å². The molecule has 0 saturated heterocycles. The normalized spacial score (nSPS) is 10.8. The number of rotatable bonds is 6. The van der Waals surface area contributed by atoms with Crippen LogP contribution in [0.2, 0.25) is 13.1 Å². The summed E-state index contributed by atoms with van der Waals surface area (Å²) in [6.07, 6.45) is 2.34. The smallest absolute Gasteiger partial charge is 0.174 e. The Labute approximate surface area is 65.3 Å². The Kier molecular flexibility index (Phi) is 7.35. The van der Waals surface area contributed by atoms with Gasteiger partial charge in [0.2, 0.25) is 0 Å². The van der Waals surface area contributed by atoms with Crippen LogP contribution in [-0.4, -0.2) is 22.4 Å². The fraction of sp³-hybridized carbons (Fsp3) is 1.00. The van der Waals surface area contributed by atoms with Crippen LogP contribution in [0.25, 0.3) is 0 Å². The molecule has 0 spiro atoms. The average Bonchev–Trinajstić information content (AvgIpc) is 1.87. The van der Waals surface area contributed by atoms with Gasteiger partial charge in [0.05, 0.1) is 0 Å². The lowest BCUT2D eigenvalue weighted by Crippen LogP contribution is -2.11. The van der Waals surface area contributed by atoms with Gasteiger partial charge in [0.25, 0.3) is 0 Å². The highest BCUT2D eigenvalue weighted by Gasteiger charge is 1.93. The highest BCUT2D eigenvalue weighted by molar-refractivity contribution is 6.48. The van der Waals surface area contributed by atoms with E-state index in [0.29, 0.717) is 6.79 Å². The van der Waals surface area contributed by atoms with Crippen molar-refractivity contribution in [1.29, 1.82) is 0 Å². The van der Waals surface area contributed by atoms with Crippen molar-refractivity contribution < 1.29 is 9.16 Å². The molecule has 0 rings (SSSR count). The Morgan fingerprint density at radius 1 is 1.30 bits per heavy atom. The lowest BCUT2D eigenvalue weighted by Gasteiger charge is -2.06. The second-order valence-electron chi connectivity index (χ2n) is 2.60. The van der Waals surface area contributed by atoms with E-state index < -0.39 is 9.04 Å². The molecule has 0 heterocycles. The lowest BCUT2D eigenvalue weighted by atomic mass is 10.4. The van der Waals surface area contributed by atoms with Gasteiger partial charge in [-0.1, -0.05) is 13.3 Å². The van der Waals surface area contributed by atoms with Gasteiger partial charge in [-0.2, -0.15) is 0 Å². The van der Waals surface area contributed by atoms with E-state index in [1.54, 1.807) is 0 Å². The molecule has 2 nitrogen and oxygen atoms in total. The van der Waals surface area contributed by atoms with Gasteiger partial charge in [0.1, 0.15) is 6.79 Å². The molecule has 0 aromatic heterocycles. The van der Waals surface area contributed by atoms with Crippen LogP contribution < -0.4 is 0 Å². The fourth-order valence-corrected chi connectivity index (χ4v) is 0.858. The van der Waals surface area contributed by atoms with Crippen LogP contribution in [0.3, 0.4) is 0 Å². The van der Waals surface area contributed by atoms with Crippen LogP contribution in [0, 0.1) is 0 Å². The molecule has 0 unspecified atom stereocenters. The predicted molar refractivity (Wildman–Crippen MR) is 45.7 cm³/mol. The molecule has 0 atom stereocenters. The van der Waals surface area contributed by atoms with Crippen LogP contribution in [0.4, 0.5) is 0 Å². The number of hydrogen-bond acceptors (Lipinski definition) is 2. The first-order valence-electron chi connectivity index (χ1n) is 3.96. The molecule has 0 saturated carbocycles. The third kappa shape index (κ3) is 8.14. The van der Waals surface area contributed by atoms with E-state index in [2.05, 4.69) is 20.0 Å². The lowest BCUT2D eigenvalue weighted by molar-refractivity contribution is 0.0131. The largest absolute Gasteiger partial charge is 0.398 e. The third-order valence-electron chi connectivity index (χ3n) is 1.13. The monoisotopic (exact) mass is 162 g/mol. The first-order chi connectivity index (χ1) is 4.77. The summed E-state index contributed by atoms with van der Waals surface area (Å²) in [4.78, 5) is 0. The van der Waals surface area contributed by atoms with Crippen molar-refractivity contribution in [2.75, 3.05) is 13.4 Å². The van der Waals surface area contributed by atoms with Gasteiger partial charge in [-0.25, -0.2) is 0 Å². The first kappa shape index (κ1) is 10.1. The van der Waals surface area contributed by atoms with Gasteiger partial charge >= 0.3 is 0 Å². The van der Waals surface area contributed by atoms with Crippen molar-refractivity contribution in [3.05, 3.63) is 0 Å². The molecule has 0 aromatic carbocycles. The van der Waals surface area contributed by atoms with Crippen molar-refractivity contribution >= 4 is 9.04 Å². The zero-order valence-corrected chi connectivity index (χ0v) is 8.38. The summed E-state index contributed by atoms with van der Waals surface area (Å²) >= 11 is 0. The van der Waals surface area contributed by atoms with Crippen molar-refractivity contribution in [3.8, 4) is 0 Å². The van der Waals surface area contributed by atoms with Crippen LogP contribution in [0.1, 0.15) is 19.8 Å². The van der Waals surface area contributed by atoms with Crippen LogP contribution >= 0.6 is 0 Å². The van der Waals surface area contributed by atoms with E-state index in [1.165, 1.54) is 6.42 Å². The topological polar surface area (TPSA) is 18.5 Å². The molecular weight excluding hydrogens is 144 g/mol. The minimum Gasteiger partial charge on any atom is -0.398 e. The second-order valence-corrected chi connectivity index (χ2v) is 5.03. The average molecular weight is 162 g/mol. The van der Waals surface area contributed by atoms with Crippen molar-refractivity contribution in [2.45, 2.75) is 32.9 Å². The van der Waals surface area contributed by atoms with E-state index in [-0.39, 0.29) is 0 Å². The molecule has 0 N–H and O–H groups in total. The maximum atomic E-state index is 5.31. The van der Waals surface area contributed by atoms with E-state index in [0.717, 1.165) is 13.0 Å². The Bertz CT molecular complexity index is 66.6. The van der Waals surface area contributed by atoms with E-state index >= 15 is 0 Å². The maximum Gasteiger partial charge on any atom is 0.174 e. The van der Waals surface area contributed by atoms with Crippen molar-refractivity contribution in [1.82, 2.24) is 0 Å². The van der Waals surface area contributed by atoms with Crippen LogP contribution in [0.5, 0.6) is 0 Å². The molecule has 0 amide bonds. The van der Waals surface area contributed by atoms with E-state index in [1.807, 2.05) is 0 Å². The Morgan fingerprint density at radius 3 is 2.50 bits per heavy atom. The standard InChI is InChI=1S/C7H18O2Si/c1-4-5-6-8-7-9-10(2)3/h10H,4-7H2,1-3H3. The van der Waals surface area contributed by atoms with Gasteiger partial charge in [0.15, 0.2) is 9.04 Å². The SMILES string of the molecule is CCCCOCO[SiH](C)C. The van der Waals surface area contributed by atoms with E-state index in [4.69, 9.17) is 9.16 Å². The number of ether oxygens (including phenoxy) is 1. The molecule has 0 aliphatic heterocycles. The summed E-state index contributed by atoms with van der Waals surface area (Å²) in [6.45, 7) is 7.79. The molecule has 3 heteroatoms. The minimum absolute atomic E-state index is 0.504. The molecule has 0 bridgehead atoms. The summed E-state index contributed by atoms with van der Waals surface area (Å²) in [5.41, 5.74) is 0. The predicted octanol–water partition coefficient (Wildman–Crippen LogP) is 1.76. The highest BCUT2D eigenvalue weighted by atomic mass is 28.3. The molecule has 0 aliphatic rings. The number of hydrogen-bond donors (Lipinski definition) is 0. The first-order valence-corrected chi connectivity index (χ1v) is 6.74. The summed E-state index contributed by atoms with van der Waals surface area (Å²) in [7, 11) is -0.847. The van der Waals surface area contributed by atoms with Crippen molar-refractivity contribution in [2.24, 2.45) is 0 Å². The fourth-order valence-electron chi connectivity index (χ4n) is 0.490. The highest BCUT2D eigenvalue weighted by Crippen LogP contribution is 1.89. The van der Waals surface area contributed by atoms with Crippen LogP contribution in [0.15, 0.2) is 0 Å². The summed E-state index contributed by atoms with van der Waals surface area (Å²) < 4.78 is 10.5. The Morgan fingerprint density at radius 2 is 2.00 bits per heavy atom. The molecule has 0 aliphatic carbocycles. The Hall–Kier alpha value is 0.137. The molecule has 0 aromatic rings. The number of unbranched alkanes of at least 4 members (excludes halogenated alkanes) is 1. The molecule has 10 heavy (non-hydrogen) atoms. The molecular formula is C7H18O2Si. The van der Waals surface area contributed by atoms with Crippen LogP contribution in [-0.2, 0) is 9.16 Å². The molecule has 0 fully saturated rings. The third-order valence-corrected chi connectivity index (χ3v) is 1.93. The summed E-state index contributed by atoms with van der Waals surface area (Å²) in [6, 6.07) is 0. The maximum absolute atomic E-state index is 5.31. The van der Waals surface area contributed by atoms with Gasteiger partial charge in [-0.15, -0.1) is 0 Å². The van der Waals surface area contributed by atoms with Gasteiger partial charge in [-0.3, -0.25) is 0 Å². The minimum atomic E-state index is -0.847.